The van der Waals surface area contributed by atoms with Crippen LogP contribution in [0.4, 0.5) is 10.2 Å². The molecule has 0 aliphatic carbocycles. The van der Waals surface area contributed by atoms with Crippen LogP contribution >= 0.6 is 0 Å². The number of halogens is 1. The fourth-order valence-corrected chi connectivity index (χ4v) is 5.98. The number of piperidine rings is 1. The van der Waals surface area contributed by atoms with Gasteiger partial charge in [0.05, 0.1) is 18.0 Å². The summed E-state index contributed by atoms with van der Waals surface area (Å²) in [5.41, 5.74) is 8.39. The quantitative estimate of drug-likeness (QED) is 0.501. The van der Waals surface area contributed by atoms with Crippen molar-refractivity contribution in [2.24, 2.45) is 5.73 Å². The van der Waals surface area contributed by atoms with Gasteiger partial charge in [0.15, 0.2) is 5.65 Å². The van der Waals surface area contributed by atoms with Crippen molar-refractivity contribution in [1.82, 2.24) is 24.2 Å². The molecule has 0 spiro atoms. The molecule has 2 aliphatic rings. The molecule has 3 aromatic rings. The highest BCUT2D eigenvalue weighted by Gasteiger charge is 2.37. The molecule has 0 saturated carbocycles. The zero-order chi connectivity index (χ0) is 26.3. The number of rotatable bonds is 6. The fraction of sp³-hybridized carbons (Fsp3) is 0.480. The van der Waals surface area contributed by atoms with E-state index in [1.165, 1.54) is 18.2 Å². The number of carbonyl (C=O) groups is 1. The van der Waals surface area contributed by atoms with Crippen molar-refractivity contribution >= 4 is 27.4 Å². The summed E-state index contributed by atoms with van der Waals surface area (Å²) in [5.74, 6) is -0.277. The van der Waals surface area contributed by atoms with Crippen molar-refractivity contribution in [3.05, 3.63) is 59.2 Å². The second kappa shape index (κ2) is 9.99. The predicted molar refractivity (Wildman–Crippen MR) is 138 cm³/mol. The predicted octanol–water partition coefficient (Wildman–Crippen LogP) is 2.06. The van der Waals surface area contributed by atoms with Gasteiger partial charge in [-0.3, -0.25) is 4.79 Å². The molecular formula is C25H32FN7O3S. The lowest BCUT2D eigenvalue weighted by Gasteiger charge is -2.37. The maximum Gasteiger partial charge on any atom is 0.245 e. The number of anilines is 1. The summed E-state index contributed by atoms with van der Waals surface area (Å²) >= 11 is 0. The first-order valence-electron chi connectivity index (χ1n) is 12.5. The van der Waals surface area contributed by atoms with Crippen molar-refractivity contribution in [3.8, 4) is 0 Å². The normalized spacial score (nSPS) is 21.5. The summed E-state index contributed by atoms with van der Waals surface area (Å²) in [6.45, 7) is 4.00. The molecule has 3 atom stereocenters. The second-order valence-corrected chi connectivity index (χ2v) is 11.8. The standard InChI is InChI=1S/C25H32FN7O3S/c1-16-14-33-22(28-24(16)31-12-10-17(27)15-31)13-20(29-33)21-9-5-6-11-32(21)25(34)23(30-37(2,35)36)18-7-3-4-8-19(18)26/h3-4,7-8,13-14,17,21,23,30H,5-6,9-12,15,27H2,1-2H3/t17-,21-,23?/m0/s1. The smallest absolute Gasteiger partial charge is 0.245 e. The molecule has 0 bridgehead atoms. The van der Waals surface area contributed by atoms with E-state index < -0.39 is 27.8 Å². The molecule has 2 aromatic heterocycles. The van der Waals surface area contributed by atoms with E-state index in [4.69, 9.17) is 15.8 Å². The van der Waals surface area contributed by atoms with Gasteiger partial charge in [0, 0.05) is 49.1 Å². The van der Waals surface area contributed by atoms with E-state index in [0.29, 0.717) is 24.3 Å². The molecule has 37 heavy (non-hydrogen) atoms. The summed E-state index contributed by atoms with van der Waals surface area (Å²) in [5, 5.41) is 4.74. The minimum atomic E-state index is -3.80. The van der Waals surface area contributed by atoms with Crippen LogP contribution in [0.15, 0.2) is 36.5 Å². The number of likely N-dealkylation sites (tertiary alicyclic amines) is 1. The van der Waals surface area contributed by atoms with E-state index in [1.54, 1.807) is 15.5 Å². The second-order valence-electron chi connectivity index (χ2n) is 10.0. The van der Waals surface area contributed by atoms with Crippen LogP contribution in [0, 0.1) is 12.7 Å². The van der Waals surface area contributed by atoms with Crippen LogP contribution in [0.25, 0.3) is 5.65 Å². The number of carbonyl (C=O) groups excluding carboxylic acids is 1. The Morgan fingerprint density at radius 2 is 2.00 bits per heavy atom. The molecule has 0 radical (unpaired) electrons. The number of fused-ring (bicyclic) bond motifs is 1. The number of hydrogen-bond donors (Lipinski definition) is 2. The molecule has 2 fully saturated rings. The number of sulfonamides is 1. The van der Waals surface area contributed by atoms with Crippen molar-refractivity contribution < 1.29 is 17.6 Å². The molecule has 5 rings (SSSR count). The molecule has 1 aromatic carbocycles. The maximum absolute atomic E-state index is 14.7. The molecule has 2 saturated heterocycles. The Balaban J connectivity index is 1.49. The fourth-order valence-electron chi connectivity index (χ4n) is 5.32. The molecule has 1 amide bonds. The highest BCUT2D eigenvalue weighted by molar-refractivity contribution is 7.88. The van der Waals surface area contributed by atoms with Gasteiger partial charge in [-0.15, -0.1) is 0 Å². The average Bonchev–Trinajstić information content (AvgIpc) is 3.47. The number of aromatic nitrogens is 3. The SMILES string of the molecule is Cc1cn2nc([C@@H]3CCCCN3C(=O)C(NS(C)(=O)=O)c3ccccc3F)cc2nc1N1CC[C@H](N)C1. The Hall–Kier alpha value is -3.09. The van der Waals surface area contributed by atoms with Crippen LogP contribution in [0.1, 0.15) is 54.6 Å². The molecule has 1 unspecified atom stereocenters. The maximum atomic E-state index is 14.7. The topological polar surface area (TPSA) is 126 Å². The minimum Gasteiger partial charge on any atom is -0.355 e. The van der Waals surface area contributed by atoms with E-state index in [1.807, 2.05) is 19.2 Å². The Kier molecular flexibility index (Phi) is 6.90. The van der Waals surface area contributed by atoms with Crippen molar-refractivity contribution in [1.29, 1.82) is 0 Å². The van der Waals surface area contributed by atoms with Gasteiger partial charge in [-0.05, 0) is 38.7 Å². The van der Waals surface area contributed by atoms with Crippen LogP contribution in [0.5, 0.6) is 0 Å². The number of nitrogens with one attached hydrogen (secondary N) is 1. The molecule has 12 heteroatoms. The van der Waals surface area contributed by atoms with Crippen LogP contribution in [0.3, 0.4) is 0 Å². The van der Waals surface area contributed by atoms with Gasteiger partial charge in [0.1, 0.15) is 17.7 Å². The van der Waals surface area contributed by atoms with E-state index in [2.05, 4.69) is 9.62 Å². The third kappa shape index (κ3) is 5.32. The largest absolute Gasteiger partial charge is 0.355 e. The number of nitrogens with zero attached hydrogens (tertiary/aromatic N) is 5. The van der Waals surface area contributed by atoms with Crippen LogP contribution in [0.2, 0.25) is 0 Å². The van der Waals surface area contributed by atoms with E-state index in [-0.39, 0.29) is 17.6 Å². The minimum absolute atomic E-state index is 0.0111. The van der Waals surface area contributed by atoms with E-state index in [9.17, 15) is 17.6 Å². The van der Waals surface area contributed by atoms with Gasteiger partial charge in [-0.2, -0.15) is 9.82 Å². The lowest BCUT2D eigenvalue weighted by atomic mass is 9.97. The first-order chi connectivity index (χ1) is 17.6. The van der Waals surface area contributed by atoms with Crippen molar-refractivity contribution in [3.63, 3.8) is 0 Å². The highest BCUT2D eigenvalue weighted by Crippen LogP contribution is 2.34. The molecule has 198 valence electrons. The zero-order valence-corrected chi connectivity index (χ0v) is 21.8. The first kappa shape index (κ1) is 25.6. The number of nitrogens with two attached hydrogens (primary N) is 1. The van der Waals surface area contributed by atoms with Gasteiger partial charge >= 0.3 is 0 Å². The number of hydrogen-bond acceptors (Lipinski definition) is 7. The molecule has 2 aliphatic heterocycles. The van der Waals surface area contributed by atoms with Gasteiger partial charge < -0.3 is 15.5 Å². The van der Waals surface area contributed by atoms with E-state index >= 15 is 0 Å². The summed E-state index contributed by atoms with van der Waals surface area (Å²) in [6.07, 6.45) is 6.10. The molecule has 3 N–H and O–H groups in total. The molecule has 4 heterocycles. The van der Waals surface area contributed by atoms with E-state index in [0.717, 1.165) is 50.0 Å². The monoisotopic (exact) mass is 529 g/mol. The van der Waals surface area contributed by atoms with Crippen LogP contribution in [-0.2, 0) is 14.8 Å². The number of benzene rings is 1. The third-order valence-corrected chi connectivity index (χ3v) is 7.73. The first-order valence-corrected chi connectivity index (χ1v) is 14.4. The van der Waals surface area contributed by atoms with Gasteiger partial charge in [0.25, 0.3) is 0 Å². The average molecular weight is 530 g/mol. The van der Waals surface area contributed by atoms with Gasteiger partial charge in [-0.25, -0.2) is 22.3 Å². The zero-order valence-electron chi connectivity index (χ0n) is 21.0. The Bertz CT molecular complexity index is 1430. The summed E-state index contributed by atoms with van der Waals surface area (Å²) in [7, 11) is -3.80. The Morgan fingerprint density at radius 3 is 2.70 bits per heavy atom. The lowest BCUT2D eigenvalue weighted by Crippen LogP contribution is -2.46. The Morgan fingerprint density at radius 1 is 1.22 bits per heavy atom. The number of aryl methyl sites for hydroxylation is 1. The van der Waals surface area contributed by atoms with Gasteiger partial charge in [0.2, 0.25) is 15.9 Å². The highest BCUT2D eigenvalue weighted by atomic mass is 32.2. The van der Waals surface area contributed by atoms with Crippen LogP contribution in [-0.4, -0.2) is 65.8 Å². The van der Waals surface area contributed by atoms with Crippen LogP contribution < -0.4 is 15.4 Å². The summed E-state index contributed by atoms with van der Waals surface area (Å²) < 4.78 is 43.0. The summed E-state index contributed by atoms with van der Waals surface area (Å²) in [4.78, 5) is 22.4. The molecular weight excluding hydrogens is 497 g/mol. The van der Waals surface area contributed by atoms with Crippen molar-refractivity contribution in [2.75, 3.05) is 30.8 Å². The Labute approximate surface area is 215 Å². The lowest BCUT2D eigenvalue weighted by molar-refractivity contribution is -0.137. The van der Waals surface area contributed by atoms with Gasteiger partial charge in [-0.1, -0.05) is 18.2 Å². The van der Waals surface area contributed by atoms with Crippen molar-refractivity contribution in [2.45, 2.75) is 50.7 Å². The number of amides is 1. The summed E-state index contributed by atoms with van der Waals surface area (Å²) in [6, 6.07) is 5.96. The third-order valence-electron chi connectivity index (χ3n) is 7.07. The molecule has 10 nitrogen and oxygen atoms in total.